The highest BCUT2D eigenvalue weighted by Gasteiger charge is 2.25. The summed E-state index contributed by atoms with van der Waals surface area (Å²) in [4.78, 5) is 26.2. The maximum absolute atomic E-state index is 12.9. The number of anilines is 1. The van der Waals surface area contributed by atoms with Crippen molar-refractivity contribution < 1.29 is 14.3 Å². The van der Waals surface area contributed by atoms with Gasteiger partial charge in [0.1, 0.15) is 16.6 Å². The number of nitrogens with zero attached hydrogens (tertiary/aromatic N) is 1. The van der Waals surface area contributed by atoms with Crippen LogP contribution in [-0.2, 0) is 9.53 Å². The van der Waals surface area contributed by atoms with E-state index >= 15 is 0 Å². The zero-order valence-electron chi connectivity index (χ0n) is 15.3. The summed E-state index contributed by atoms with van der Waals surface area (Å²) in [5.41, 5.74) is 3.23. The monoisotopic (exact) mass is 370 g/mol. The minimum atomic E-state index is -0.551. The van der Waals surface area contributed by atoms with Crippen LogP contribution in [0.25, 0.3) is 10.2 Å². The molecule has 1 atom stereocenters. The van der Waals surface area contributed by atoms with Crippen molar-refractivity contribution in [3.63, 3.8) is 0 Å². The van der Waals surface area contributed by atoms with E-state index in [-0.39, 0.29) is 5.91 Å². The minimum Gasteiger partial charge on any atom is -0.461 e. The van der Waals surface area contributed by atoms with Crippen molar-refractivity contribution >= 4 is 39.1 Å². The van der Waals surface area contributed by atoms with E-state index in [2.05, 4.69) is 5.32 Å². The van der Waals surface area contributed by atoms with Crippen molar-refractivity contribution in [3.8, 4) is 0 Å². The van der Waals surface area contributed by atoms with E-state index < -0.39 is 12.0 Å². The molecule has 0 fully saturated rings. The number of amides is 1. The molecule has 2 heterocycles. The number of fused-ring (bicyclic) bond motifs is 1. The highest BCUT2D eigenvalue weighted by atomic mass is 32.1. The average Bonchev–Trinajstić information content (AvgIpc) is 3.18. The maximum Gasteiger partial charge on any atom is 0.355 e. The highest BCUT2D eigenvalue weighted by Crippen LogP contribution is 2.30. The van der Waals surface area contributed by atoms with E-state index in [1.54, 1.807) is 24.5 Å². The van der Waals surface area contributed by atoms with E-state index in [0.717, 1.165) is 27.0 Å². The van der Waals surface area contributed by atoms with Gasteiger partial charge in [-0.1, -0.05) is 18.2 Å². The number of rotatable bonds is 5. The summed E-state index contributed by atoms with van der Waals surface area (Å²) in [6.45, 7) is 7.78. The van der Waals surface area contributed by atoms with E-state index in [1.807, 2.05) is 43.5 Å². The number of nitrogens with one attached hydrogen (secondary N) is 1. The Kier molecular flexibility index (Phi) is 5.13. The molecule has 1 aromatic carbocycles. The molecule has 0 radical (unpaired) electrons. The van der Waals surface area contributed by atoms with Crippen LogP contribution in [0.5, 0.6) is 0 Å². The zero-order chi connectivity index (χ0) is 18.8. The molecule has 3 rings (SSSR count). The number of aromatic nitrogens is 1. The molecular formula is C20H22N2O3S. The van der Waals surface area contributed by atoms with Crippen molar-refractivity contribution in [1.82, 2.24) is 4.57 Å². The van der Waals surface area contributed by atoms with Gasteiger partial charge < -0.3 is 14.6 Å². The largest absolute Gasteiger partial charge is 0.461 e. The normalized spacial score (nSPS) is 12.2. The Hall–Kier alpha value is -2.60. The number of carbonyl (C=O) groups excluding carboxylic acids is 2. The van der Waals surface area contributed by atoms with Gasteiger partial charge >= 0.3 is 5.97 Å². The molecule has 6 heteroatoms. The first kappa shape index (κ1) is 18.2. The Morgan fingerprint density at radius 2 is 1.92 bits per heavy atom. The first-order valence-corrected chi connectivity index (χ1v) is 9.44. The van der Waals surface area contributed by atoms with E-state index in [0.29, 0.717) is 12.3 Å². The Balaban J connectivity index is 1.97. The lowest BCUT2D eigenvalue weighted by atomic mass is 10.1. The number of ether oxygens (including phenoxy) is 1. The fraction of sp³-hybridized carbons (Fsp3) is 0.300. The molecule has 2 aromatic heterocycles. The molecule has 0 aliphatic heterocycles. The maximum atomic E-state index is 12.9. The number of carbonyl (C=O) groups is 2. The summed E-state index contributed by atoms with van der Waals surface area (Å²) in [6, 6.07) is 9.06. The SMILES string of the molecule is CCOC(=O)c1cc2ccsc2n1C(C)C(=O)Nc1c(C)cccc1C. The zero-order valence-corrected chi connectivity index (χ0v) is 16.1. The van der Waals surface area contributed by atoms with Crippen molar-refractivity contribution in [1.29, 1.82) is 0 Å². The second kappa shape index (κ2) is 7.33. The number of hydrogen-bond donors (Lipinski definition) is 1. The number of para-hydroxylation sites is 1. The number of hydrogen-bond acceptors (Lipinski definition) is 4. The lowest BCUT2D eigenvalue weighted by Crippen LogP contribution is -2.26. The molecule has 0 saturated carbocycles. The third-order valence-electron chi connectivity index (χ3n) is 4.43. The van der Waals surface area contributed by atoms with Crippen molar-refractivity contribution in [3.05, 3.63) is 52.5 Å². The van der Waals surface area contributed by atoms with Gasteiger partial charge in [-0.05, 0) is 56.3 Å². The van der Waals surface area contributed by atoms with Crippen LogP contribution in [0.3, 0.4) is 0 Å². The lowest BCUT2D eigenvalue weighted by Gasteiger charge is -2.19. The van der Waals surface area contributed by atoms with Gasteiger partial charge in [0.25, 0.3) is 0 Å². The summed E-state index contributed by atoms with van der Waals surface area (Å²) in [7, 11) is 0. The van der Waals surface area contributed by atoms with E-state index in [1.165, 1.54) is 11.3 Å². The summed E-state index contributed by atoms with van der Waals surface area (Å²) in [5.74, 6) is -0.582. The van der Waals surface area contributed by atoms with Gasteiger partial charge in [0.05, 0.1) is 6.61 Å². The average molecular weight is 370 g/mol. The Labute approximate surface area is 156 Å². The number of thiophene rings is 1. The topological polar surface area (TPSA) is 60.3 Å². The van der Waals surface area contributed by atoms with E-state index in [9.17, 15) is 9.59 Å². The first-order valence-electron chi connectivity index (χ1n) is 8.56. The smallest absolute Gasteiger partial charge is 0.355 e. The van der Waals surface area contributed by atoms with Gasteiger partial charge in [-0.2, -0.15) is 0 Å². The van der Waals surface area contributed by atoms with Gasteiger partial charge in [0.2, 0.25) is 5.91 Å². The first-order chi connectivity index (χ1) is 12.4. The van der Waals surface area contributed by atoms with Crippen LogP contribution >= 0.6 is 11.3 Å². The van der Waals surface area contributed by atoms with E-state index in [4.69, 9.17) is 4.74 Å². The van der Waals surface area contributed by atoms with Crippen molar-refractivity contribution in [2.75, 3.05) is 11.9 Å². The summed E-state index contributed by atoms with van der Waals surface area (Å²) in [5, 5.41) is 5.90. The molecule has 5 nitrogen and oxygen atoms in total. The van der Waals surface area contributed by atoms with Crippen LogP contribution in [0, 0.1) is 13.8 Å². The predicted octanol–water partition coefficient (Wildman–Crippen LogP) is 4.70. The standard InChI is InChI=1S/C20H22N2O3S/c1-5-25-20(24)16-11-15-9-10-26-19(15)22(16)14(4)18(23)21-17-12(2)7-6-8-13(17)3/h6-11,14H,5H2,1-4H3,(H,21,23). The molecule has 136 valence electrons. The molecule has 26 heavy (non-hydrogen) atoms. The third kappa shape index (κ3) is 3.24. The second-order valence-corrected chi connectivity index (χ2v) is 7.13. The molecule has 0 saturated heterocycles. The van der Waals surface area contributed by atoms with Crippen LogP contribution < -0.4 is 5.32 Å². The Morgan fingerprint density at radius 3 is 2.58 bits per heavy atom. The van der Waals surface area contributed by atoms with Gasteiger partial charge in [0.15, 0.2) is 0 Å². The van der Waals surface area contributed by atoms with Crippen molar-refractivity contribution in [2.45, 2.75) is 33.7 Å². The minimum absolute atomic E-state index is 0.168. The quantitative estimate of drug-likeness (QED) is 0.663. The van der Waals surface area contributed by atoms with Crippen LogP contribution in [0.1, 0.15) is 41.5 Å². The molecule has 0 spiro atoms. The van der Waals surface area contributed by atoms with Crippen molar-refractivity contribution in [2.24, 2.45) is 0 Å². The Bertz CT molecular complexity index is 951. The number of aryl methyl sites for hydroxylation is 2. The van der Waals surface area contributed by atoms with Gasteiger partial charge in [-0.3, -0.25) is 4.79 Å². The number of benzene rings is 1. The molecule has 0 aliphatic carbocycles. The third-order valence-corrected chi connectivity index (χ3v) is 5.35. The molecule has 0 bridgehead atoms. The van der Waals surface area contributed by atoms with Crippen LogP contribution in [-0.4, -0.2) is 23.1 Å². The summed E-state index contributed by atoms with van der Waals surface area (Å²) >= 11 is 1.50. The molecule has 1 amide bonds. The Morgan fingerprint density at radius 1 is 1.23 bits per heavy atom. The van der Waals surface area contributed by atoms with Crippen LogP contribution in [0.2, 0.25) is 0 Å². The fourth-order valence-electron chi connectivity index (χ4n) is 3.05. The summed E-state index contributed by atoms with van der Waals surface area (Å²) in [6.07, 6.45) is 0. The number of esters is 1. The lowest BCUT2D eigenvalue weighted by molar-refractivity contribution is -0.118. The van der Waals surface area contributed by atoms with Crippen LogP contribution in [0.4, 0.5) is 5.69 Å². The molecule has 1 N–H and O–H groups in total. The molecule has 1 unspecified atom stereocenters. The fourth-order valence-corrected chi connectivity index (χ4v) is 4.02. The summed E-state index contributed by atoms with van der Waals surface area (Å²) < 4.78 is 6.93. The highest BCUT2D eigenvalue weighted by molar-refractivity contribution is 7.16. The van der Waals surface area contributed by atoms with Gasteiger partial charge in [0, 0.05) is 11.1 Å². The van der Waals surface area contributed by atoms with Gasteiger partial charge in [-0.15, -0.1) is 11.3 Å². The molecule has 3 aromatic rings. The van der Waals surface area contributed by atoms with Gasteiger partial charge in [-0.25, -0.2) is 4.79 Å². The molecule has 0 aliphatic rings. The predicted molar refractivity (Wildman–Crippen MR) is 105 cm³/mol. The second-order valence-electron chi connectivity index (χ2n) is 6.23. The van der Waals surface area contributed by atoms with Crippen LogP contribution in [0.15, 0.2) is 35.7 Å². The molecular weight excluding hydrogens is 348 g/mol.